The van der Waals surface area contributed by atoms with Crippen molar-refractivity contribution in [2.75, 3.05) is 19.6 Å². The third kappa shape index (κ3) is 3.00. The number of rotatable bonds is 3. The molecule has 0 aromatic carbocycles. The minimum Gasteiger partial charge on any atom is -0.337 e. The smallest absolute Gasteiger partial charge is 0.274 e. The number of nitrogens with two attached hydrogens (primary N) is 1. The predicted molar refractivity (Wildman–Crippen MR) is 64.3 cm³/mol. The second-order valence-corrected chi connectivity index (χ2v) is 4.40. The first-order valence-electron chi connectivity index (χ1n) is 6.06. The monoisotopic (exact) mass is 234 g/mol. The van der Waals surface area contributed by atoms with Gasteiger partial charge in [0.2, 0.25) is 0 Å². The molecule has 1 aliphatic heterocycles. The van der Waals surface area contributed by atoms with Gasteiger partial charge in [0.05, 0.1) is 6.20 Å². The SMILES string of the molecule is NCCC1CCN(C(=O)c2cnccn2)CC1. The quantitative estimate of drug-likeness (QED) is 0.834. The summed E-state index contributed by atoms with van der Waals surface area (Å²) in [6.07, 6.45) is 7.80. The van der Waals surface area contributed by atoms with E-state index in [1.165, 1.54) is 6.20 Å². The van der Waals surface area contributed by atoms with Crippen molar-refractivity contribution in [3.8, 4) is 0 Å². The lowest BCUT2D eigenvalue weighted by Crippen LogP contribution is -2.39. The molecule has 2 rings (SSSR count). The van der Waals surface area contributed by atoms with Crippen molar-refractivity contribution in [2.24, 2.45) is 11.7 Å². The van der Waals surface area contributed by atoms with Crippen LogP contribution in [0.2, 0.25) is 0 Å². The molecule has 5 heteroatoms. The van der Waals surface area contributed by atoms with Crippen LogP contribution >= 0.6 is 0 Å². The molecular weight excluding hydrogens is 216 g/mol. The van der Waals surface area contributed by atoms with Gasteiger partial charge in [0.15, 0.2) is 0 Å². The van der Waals surface area contributed by atoms with Gasteiger partial charge in [0, 0.05) is 25.5 Å². The number of likely N-dealkylation sites (tertiary alicyclic amines) is 1. The normalized spacial score (nSPS) is 17.1. The zero-order valence-corrected chi connectivity index (χ0v) is 9.88. The fraction of sp³-hybridized carbons (Fsp3) is 0.583. The second kappa shape index (κ2) is 5.72. The molecule has 17 heavy (non-hydrogen) atoms. The number of piperidine rings is 1. The molecule has 1 fully saturated rings. The van der Waals surface area contributed by atoms with Crippen LogP contribution in [0.25, 0.3) is 0 Å². The van der Waals surface area contributed by atoms with Gasteiger partial charge in [-0.2, -0.15) is 0 Å². The molecule has 5 nitrogen and oxygen atoms in total. The lowest BCUT2D eigenvalue weighted by molar-refractivity contribution is 0.0681. The van der Waals surface area contributed by atoms with E-state index in [-0.39, 0.29) is 5.91 Å². The summed E-state index contributed by atoms with van der Waals surface area (Å²) < 4.78 is 0. The first-order valence-corrected chi connectivity index (χ1v) is 6.06. The van der Waals surface area contributed by atoms with E-state index in [2.05, 4.69) is 9.97 Å². The van der Waals surface area contributed by atoms with Gasteiger partial charge in [-0.25, -0.2) is 4.98 Å². The van der Waals surface area contributed by atoms with Crippen LogP contribution in [0.1, 0.15) is 29.8 Å². The van der Waals surface area contributed by atoms with E-state index < -0.39 is 0 Å². The van der Waals surface area contributed by atoms with E-state index >= 15 is 0 Å². The lowest BCUT2D eigenvalue weighted by atomic mass is 9.93. The van der Waals surface area contributed by atoms with Gasteiger partial charge in [-0.3, -0.25) is 9.78 Å². The standard InChI is InChI=1S/C12H18N4O/c13-4-1-10-2-7-16(8-3-10)12(17)11-9-14-5-6-15-11/h5-6,9-10H,1-4,7-8,13H2. The molecule has 92 valence electrons. The van der Waals surface area contributed by atoms with Gasteiger partial charge in [-0.1, -0.05) is 0 Å². The van der Waals surface area contributed by atoms with Gasteiger partial charge in [-0.05, 0) is 31.7 Å². The molecule has 0 bridgehead atoms. The Morgan fingerprint density at radius 2 is 2.18 bits per heavy atom. The first-order chi connectivity index (χ1) is 8.31. The molecule has 1 aliphatic rings. The molecule has 2 heterocycles. The number of hydrogen-bond acceptors (Lipinski definition) is 4. The highest BCUT2D eigenvalue weighted by molar-refractivity contribution is 5.91. The summed E-state index contributed by atoms with van der Waals surface area (Å²) in [6.45, 7) is 2.35. The maximum Gasteiger partial charge on any atom is 0.274 e. The minimum absolute atomic E-state index is 0.00991. The van der Waals surface area contributed by atoms with Crippen LogP contribution in [0.4, 0.5) is 0 Å². The lowest BCUT2D eigenvalue weighted by Gasteiger charge is -2.31. The Hall–Kier alpha value is -1.49. The van der Waals surface area contributed by atoms with Crippen molar-refractivity contribution in [1.29, 1.82) is 0 Å². The average Bonchev–Trinajstić information content (AvgIpc) is 2.40. The van der Waals surface area contributed by atoms with Crippen molar-refractivity contribution in [2.45, 2.75) is 19.3 Å². The zero-order chi connectivity index (χ0) is 12.1. The van der Waals surface area contributed by atoms with Crippen LogP contribution in [-0.4, -0.2) is 40.4 Å². The second-order valence-electron chi connectivity index (χ2n) is 4.40. The highest BCUT2D eigenvalue weighted by Gasteiger charge is 2.23. The Kier molecular flexibility index (Phi) is 4.03. The predicted octanol–water partition coefficient (Wildman–Crippen LogP) is 0.678. The Morgan fingerprint density at radius 3 is 2.76 bits per heavy atom. The van der Waals surface area contributed by atoms with Crippen LogP contribution in [0.3, 0.4) is 0 Å². The van der Waals surface area contributed by atoms with E-state index in [1.54, 1.807) is 12.4 Å². The number of hydrogen-bond donors (Lipinski definition) is 1. The molecule has 0 spiro atoms. The summed E-state index contributed by atoms with van der Waals surface area (Å²) in [4.78, 5) is 21.9. The first kappa shape index (κ1) is 12.0. The van der Waals surface area contributed by atoms with Crippen LogP contribution in [0.5, 0.6) is 0 Å². The fourth-order valence-corrected chi connectivity index (χ4v) is 2.23. The summed E-state index contributed by atoms with van der Waals surface area (Å²) in [5.74, 6) is 0.662. The molecule has 0 saturated carbocycles. The maximum atomic E-state index is 12.1. The highest BCUT2D eigenvalue weighted by atomic mass is 16.2. The van der Waals surface area contributed by atoms with Crippen molar-refractivity contribution >= 4 is 5.91 Å². The molecule has 1 aromatic heterocycles. The zero-order valence-electron chi connectivity index (χ0n) is 9.88. The highest BCUT2D eigenvalue weighted by Crippen LogP contribution is 2.20. The Balaban J connectivity index is 1.91. The van der Waals surface area contributed by atoms with E-state index in [0.29, 0.717) is 11.6 Å². The summed E-state index contributed by atoms with van der Waals surface area (Å²) in [7, 11) is 0. The van der Waals surface area contributed by atoms with Gasteiger partial charge in [0.25, 0.3) is 5.91 Å². The van der Waals surface area contributed by atoms with Crippen molar-refractivity contribution in [3.05, 3.63) is 24.3 Å². The molecule has 1 saturated heterocycles. The maximum absolute atomic E-state index is 12.1. The topological polar surface area (TPSA) is 72.1 Å². The van der Waals surface area contributed by atoms with Crippen molar-refractivity contribution in [3.63, 3.8) is 0 Å². The molecule has 2 N–H and O–H groups in total. The molecule has 0 unspecified atom stereocenters. The van der Waals surface area contributed by atoms with Gasteiger partial charge >= 0.3 is 0 Å². The van der Waals surface area contributed by atoms with Gasteiger partial charge in [0.1, 0.15) is 5.69 Å². The van der Waals surface area contributed by atoms with Crippen LogP contribution in [0, 0.1) is 5.92 Å². The van der Waals surface area contributed by atoms with E-state index in [4.69, 9.17) is 5.73 Å². The number of carbonyl (C=O) groups is 1. The molecule has 1 aromatic rings. The molecular formula is C12H18N4O. The third-order valence-electron chi connectivity index (χ3n) is 3.26. The summed E-state index contributed by atoms with van der Waals surface area (Å²) in [5, 5.41) is 0. The number of carbonyl (C=O) groups excluding carboxylic acids is 1. The summed E-state index contributed by atoms with van der Waals surface area (Å²) >= 11 is 0. The number of amides is 1. The third-order valence-corrected chi connectivity index (χ3v) is 3.26. The number of aromatic nitrogens is 2. The number of nitrogens with zero attached hydrogens (tertiary/aromatic N) is 3. The van der Waals surface area contributed by atoms with E-state index in [1.807, 2.05) is 4.90 Å². The van der Waals surface area contributed by atoms with Crippen LogP contribution in [-0.2, 0) is 0 Å². The Bertz CT molecular complexity index is 360. The largest absolute Gasteiger partial charge is 0.337 e. The van der Waals surface area contributed by atoms with Crippen LogP contribution < -0.4 is 5.73 Å². The van der Waals surface area contributed by atoms with Crippen molar-refractivity contribution < 1.29 is 4.79 Å². The molecule has 0 radical (unpaired) electrons. The van der Waals surface area contributed by atoms with E-state index in [0.717, 1.165) is 38.9 Å². The summed E-state index contributed by atoms with van der Waals surface area (Å²) in [6, 6.07) is 0. The summed E-state index contributed by atoms with van der Waals surface area (Å²) in [5.41, 5.74) is 5.98. The minimum atomic E-state index is -0.00991. The molecule has 0 aliphatic carbocycles. The average molecular weight is 234 g/mol. The Labute approximate surface area is 101 Å². The van der Waals surface area contributed by atoms with Gasteiger partial charge in [-0.15, -0.1) is 0 Å². The van der Waals surface area contributed by atoms with Crippen LogP contribution in [0.15, 0.2) is 18.6 Å². The fourth-order valence-electron chi connectivity index (χ4n) is 2.23. The molecule has 1 amide bonds. The van der Waals surface area contributed by atoms with Gasteiger partial charge < -0.3 is 10.6 Å². The molecule has 0 atom stereocenters. The van der Waals surface area contributed by atoms with Crippen molar-refractivity contribution in [1.82, 2.24) is 14.9 Å². The van der Waals surface area contributed by atoms with E-state index in [9.17, 15) is 4.79 Å². The Morgan fingerprint density at radius 1 is 1.41 bits per heavy atom.